The van der Waals surface area contributed by atoms with E-state index in [0.717, 1.165) is 23.3 Å². The number of benzene rings is 2. The molecule has 0 atom stereocenters. The summed E-state index contributed by atoms with van der Waals surface area (Å²) in [4.78, 5) is 0. The van der Waals surface area contributed by atoms with Crippen LogP contribution in [0.25, 0.3) is 22.4 Å². The summed E-state index contributed by atoms with van der Waals surface area (Å²) in [6.45, 7) is 0.606. The highest BCUT2D eigenvalue weighted by Gasteiger charge is 2.30. The summed E-state index contributed by atoms with van der Waals surface area (Å²) in [6, 6.07) is 16.2. The van der Waals surface area contributed by atoms with Crippen LogP contribution in [0.3, 0.4) is 0 Å². The molecule has 0 radical (unpaired) electrons. The molecular weight excluding hydrogens is 355 g/mol. The lowest BCUT2D eigenvalue weighted by molar-refractivity contribution is -0.137. The van der Waals surface area contributed by atoms with Crippen LogP contribution in [-0.2, 0) is 6.18 Å². The summed E-state index contributed by atoms with van der Waals surface area (Å²) < 4.78 is 38.4. The van der Waals surface area contributed by atoms with E-state index in [1.54, 1.807) is 0 Å². The molecule has 0 aliphatic carbocycles. The molecular formula is C20H18F3N3O. The molecule has 2 aromatic carbocycles. The number of aliphatic hydroxyl groups excluding tert-OH is 1. The van der Waals surface area contributed by atoms with Crippen LogP contribution in [0.1, 0.15) is 12.0 Å². The van der Waals surface area contributed by atoms with Crippen LogP contribution in [0.2, 0.25) is 0 Å². The van der Waals surface area contributed by atoms with E-state index in [9.17, 15) is 13.2 Å². The maximum atomic E-state index is 12.8. The Kier molecular flexibility index (Phi) is 5.71. The second-order valence-electron chi connectivity index (χ2n) is 5.94. The molecule has 0 aliphatic rings. The molecule has 0 spiro atoms. The fraction of sp³-hybridized carbons (Fsp3) is 0.200. The van der Waals surface area contributed by atoms with Crippen molar-refractivity contribution in [3.05, 3.63) is 66.2 Å². The zero-order valence-corrected chi connectivity index (χ0v) is 14.4. The highest BCUT2D eigenvalue weighted by atomic mass is 19.4. The van der Waals surface area contributed by atoms with Gasteiger partial charge in [0.2, 0.25) is 0 Å². The number of rotatable bonds is 6. The van der Waals surface area contributed by atoms with Crippen molar-refractivity contribution >= 4 is 5.82 Å². The van der Waals surface area contributed by atoms with Gasteiger partial charge in [-0.3, -0.25) is 0 Å². The Bertz CT molecular complexity index is 881. The molecule has 3 aromatic rings. The second kappa shape index (κ2) is 8.18. The predicted octanol–water partition coefficient (Wildman–Crippen LogP) is 4.62. The monoisotopic (exact) mass is 373 g/mol. The third kappa shape index (κ3) is 4.62. The summed E-state index contributed by atoms with van der Waals surface area (Å²) in [5, 5.41) is 20.3. The van der Waals surface area contributed by atoms with E-state index < -0.39 is 11.7 Å². The Morgan fingerprint density at radius 3 is 2.22 bits per heavy atom. The van der Waals surface area contributed by atoms with E-state index in [4.69, 9.17) is 5.11 Å². The molecule has 0 bridgehead atoms. The fourth-order valence-corrected chi connectivity index (χ4v) is 2.64. The van der Waals surface area contributed by atoms with E-state index >= 15 is 0 Å². The average molecular weight is 373 g/mol. The summed E-state index contributed by atoms with van der Waals surface area (Å²) in [5.74, 6) is 0.540. The first-order valence-corrected chi connectivity index (χ1v) is 8.44. The van der Waals surface area contributed by atoms with E-state index in [1.165, 1.54) is 12.1 Å². The maximum Gasteiger partial charge on any atom is 0.416 e. The number of nitrogens with one attached hydrogen (secondary N) is 1. The Morgan fingerprint density at radius 1 is 0.889 bits per heavy atom. The van der Waals surface area contributed by atoms with Crippen LogP contribution in [0.15, 0.2) is 60.7 Å². The topological polar surface area (TPSA) is 58.0 Å². The lowest BCUT2D eigenvalue weighted by atomic mass is 9.99. The van der Waals surface area contributed by atoms with Crippen molar-refractivity contribution in [1.29, 1.82) is 0 Å². The molecule has 4 nitrogen and oxygen atoms in total. The van der Waals surface area contributed by atoms with Crippen molar-refractivity contribution in [3.63, 3.8) is 0 Å². The molecule has 1 aromatic heterocycles. The standard InChI is InChI=1S/C20H18F3N3O/c21-20(22,23)16-9-7-15(8-10-16)19-17(14-5-2-1-3-6-14)13-18(25-26-19)24-11-4-12-27/h1-3,5-10,13,27H,4,11-12H2,(H,24,25). The second-order valence-corrected chi connectivity index (χ2v) is 5.94. The van der Waals surface area contributed by atoms with Crippen LogP contribution >= 0.6 is 0 Å². The van der Waals surface area contributed by atoms with Gasteiger partial charge in [-0.05, 0) is 30.2 Å². The van der Waals surface area contributed by atoms with Gasteiger partial charge >= 0.3 is 6.18 Å². The molecule has 7 heteroatoms. The van der Waals surface area contributed by atoms with Gasteiger partial charge in [-0.25, -0.2) is 0 Å². The van der Waals surface area contributed by atoms with Gasteiger partial charge < -0.3 is 10.4 Å². The Balaban J connectivity index is 2.01. The number of nitrogens with zero attached hydrogens (tertiary/aromatic N) is 2. The first kappa shape index (κ1) is 18.8. The molecule has 2 N–H and O–H groups in total. The van der Waals surface area contributed by atoms with Crippen molar-refractivity contribution in [3.8, 4) is 22.4 Å². The molecule has 0 unspecified atom stereocenters. The Labute approximate surface area is 154 Å². The van der Waals surface area contributed by atoms with Crippen LogP contribution < -0.4 is 5.32 Å². The zero-order chi connectivity index (χ0) is 19.3. The highest BCUT2D eigenvalue weighted by Crippen LogP contribution is 2.34. The minimum absolute atomic E-state index is 0.0651. The number of hydrogen-bond acceptors (Lipinski definition) is 4. The lowest BCUT2D eigenvalue weighted by Crippen LogP contribution is -2.07. The summed E-state index contributed by atoms with van der Waals surface area (Å²) >= 11 is 0. The van der Waals surface area contributed by atoms with Crippen molar-refractivity contribution < 1.29 is 18.3 Å². The van der Waals surface area contributed by atoms with Crippen molar-refractivity contribution in [2.45, 2.75) is 12.6 Å². The first-order chi connectivity index (χ1) is 13.0. The molecule has 0 fully saturated rings. The maximum absolute atomic E-state index is 12.8. The van der Waals surface area contributed by atoms with Crippen LogP contribution in [0, 0.1) is 0 Å². The highest BCUT2D eigenvalue weighted by molar-refractivity contribution is 5.81. The molecule has 0 aliphatic heterocycles. The number of alkyl halides is 3. The van der Waals surface area contributed by atoms with Gasteiger partial charge in [-0.15, -0.1) is 10.2 Å². The van der Waals surface area contributed by atoms with E-state index in [1.807, 2.05) is 36.4 Å². The molecule has 3 rings (SSSR count). The number of anilines is 1. The normalized spacial score (nSPS) is 11.4. The van der Waals surface area contributed by atoms with E-state index in [2.05, 4.69) is 15.5 Å². The average Bonchev–Trinajstić information content (AvgIpc) is 2.68. The predicted molar refractivity (Wildman–Crippen MR) is 98.1 cm³/mol. The first-order valence-electron chi connectivity index (χ1n) is 8.44. The fourth-order valence-electron chi connectivity index (χ4n) is 2.64. The number of aliphatic hydroxyl groups is 1. The summed E-state index contributed by atoms with van der Waals surface area (Å²) in [5.41, 5.74) is 1.99. The third-order valence-electron chi connectivity index (χ3n) is 4.01. The number of aromatic nitrogens is 2. The summed E-state index contributed by atoms with van der Waals surface area (Å²) in [7, 11) is 0. The Morgan fingerprint density at radius 2 is 1.59 bits per heavy atom. The van der Waals surface area contributed by atoms with Gasteiger partial charge in [0.25, 0.3) is 0 Å². The van der Waals surface area contributed by atoms with Gasteiger partial charge in [0, 0.05) is 24.3 Å². The Hall–Kier alpha value is -2.93. The van der Waals surface area contributed by atoms with E-state index in [-0.39, 0.29) is 6.61 Å². The molecule has 140 valence electrons. The van der Waals surface area contributed by atoms with Crippen molar-refractivity contribution in [2.75, 3.05) is 18.5 Å². The van der Waals surface area contributed by atoms with Gasteiger partial charge in [-0.2, -0.15) is 13.2 Å². The molecule has 1 heterocycles. The minimum Gasteiger partial charge on any atom is -0.396 e. The quantitative estimate of drug-likeness (QED) is 0.619. The van der Waals surface area contributed by atoms with Crippen LogP contribution in [-0.4, -0.2) is 28.5 Å². The molecule has 0 saturated carbocycles. The number of halogens is 3. The lowest BCUT2D eigenvalue weighted by Gasteiger charge is -2.12. The third-order valence-corrected chi connectivity index (χ3v) is 4.01. The SMILES string of the molecule is OCCCNc1cc(-c2ccccc2)c(-c2ccc(C(F)(F)F)cc2)nn1. The van der Waals surface area contributed by atoms with Crippen molar-refractivity contribution in [2.24, 2.45) is 0 Å². The molecule has 0 saturated heterocycles. The molecule has 27 heavy (non-hydrogen) atoms. The molecule has 0 amide bonds. The van der Waals surface area contributed by atoms with Crippen LogP contribution in [0.5, 0.6) is 0 Å². The van der Waals surface area contributed by atoms with Crippen molar-refractivity contribution in [1.82, 2.24) is 10.2 Å². The summed E-state index contributed by atoms with van der Waals surface area (Å²) in [6.07, 6.45) is -3.81. The van der Waals surface area contributed by atoms with E-state index in [0.29, 0.717) is 30.0 Å². The zero-order valence-electron chi connectivity index (χ0n) is 14.4. The van der Waals surface area contributed by atoms with Gasteiger partial charge in [0.15, 0.2) is 0 Å². The van der Waals surface area contributed by atoms with Gasteiger partial charge in [0.05, 0.1) is 5.56 Å². The van der Waals surface area contributed by atoms with Crippen LogP contribution in [0.4, 0.5) is 19.0 Å². The smallest absolute Gasteiger partial charge is 0.396 e. The number of hydrogen-bond donors (Lipinski definition) is 2. The minimum atomic E-state index is -4.38. The van der Waals surface area contributed by atoms with Gasteiger partial charge in [-0.1, -0.05) is 42.5 Å². The largest absolute Gasteiger partial charge is 0.416 e. The van der Waals surface area contributed by atoms with Gasteiger partial charge in [0.1, 0.15) is 11.5 Å².